The highest BCUT2D eigenvalue weighted by atomic mass is 32.2. The molecule has 1 aliphatic rings. The van der Waals surface area contributed by atoms with Crippen molar-refractivity contribution < 1.29 is 23.1 Å². The van der Waals surface area contributed by atoms with Gasteiger partial charge in [0.15, 0.2) is 0 Å². The Labute approximate surface area is 184 Å². The molecule has 0 bridgehead atoms. The maximum atomic E-state index is 13.5. The Hall–Kier alpha value is -2.58. The van der Waals surface area contributed by atoms with Crippen LogP contribution in [0.25, 0.3) is 0 Å². The van der Waals surface area contributed by atoms with E-state index in [0.29, 0.717) is 24.3 Å². The number of hydrogen-bond donors (Lipinski definition) is 1. The van der Waals surface area contributed by atoms with E-state index in [2.05, 4.69) is 0 Å². The normalized spacial score (nSPS) is 19.0. The Morgan fingerprint density at radius 1 is 1.06 bits per heavy atom. The first kappa shape index (κ1) is 23.1. The molecule has 168 valence electrons. The summed E-state index contributed by atoms with van der Waals surface area (Å²) in [6, 6.07) is 12.8. The van der Waals surface area contributed by atoms with Gasteiger partial charge in [-0.05, 0) is 56.2 Å². The van der Waals surface area contributed by atoms with Gasteiger partial charge in [-0.2, -0.15) is 0 Å². The second-order valence-corrected chi connectivity index (χ2v) is 9.81. The summed E-state index contributed by atoms with van der Waals surface area (Å²) >= 11 is 0. The Kier molecular flexibility index (Phi) is 7.23. The maximum absolute atomic E-state index is 13.5. The van der Waals surface area contributed by atoms with E-state index >= 15 is 0 Å². The lowest BCUT2D eigenvalue weighted by atomic mass is 9.91. The molecular formula is C23H30N2O5S. The van der Waals surface area contributed by atoms with Crippen molar-refractivity contribution in [1.29, 1.82) is 0 Å². The summed E-state index contributed by atoms with van der Waals surface area (Å²) in [5.74, 6) is 0.225. The van der Waals surface area contributed by atoms with Gasteiger partial charge in [-0.1, -0.05) is 30.5 Å². The van der Waals surface area contributed by atoms with Gasteiger partial charge in [0.2, 0.25) is 5.91 Å². The van der Waals surface area contributed by atoms with Gasteiger partial charge in [0.25, 0.3) is 10.0 Å². The molecule has 1 aliphatic carbocycles. The number of ether oxygens (including phenoxy) is 1. The van der Waals surface area contributed by atoms with E-state index in [-0.39, 0.29) is 23.4 Å². The highest BCUT2D eigenvalue weighted by Gasteiger charge is 2.33. The van der Waals surface area contributed by atoms with Crippen LogP contribution in [-0.2, 0) is 14.8 Å². The standard InChI is InChI=1S/C23H30N2O5S/c1-17-8-14-20(15-9-17)31(28,29)25(18-10-12-19(30-3)13-11-18)16-23(27)24(2)21-6-4-5-7-22(21)26/h8-15,21-22,26H,4-7,16H2,1-3H3. The summed E-state index contributed by atoms with van der Waals surface area (Å²) in [5.41, 5.74) is 1.31. The number of nitrogens with zero attached hydrogens (tertiary/aromatic N) is 2. The van der Waals surface area contributed by atoms with Crippen LogP contribution in [0.3, 0.4) is 0 Å². The van der Waals surface area contributed by atoms with Gasteiger partial charge in [-0.25, -0.2) is 8.42 Å². The fourth-order valence-corrected chi connectivity index (χ4v) is 5.28. The molecule has 0 heterocycles. The first-order valence-electron chi connectivity index (χ1n) is 10.4. The number of carbonyl (C=O) groups is 1. The predicted molar refractivity (Wildman–Crippen MR) is 120 cm³/mol. The summed E-state index contributed by atoms with van der Waals surface area (Å²) in [6.07, 6.45) is 2.62. The summed E-state index contributed by atoms with van der Waals surface area (Å²) in [5, 5.41) is 10.3. The number of aryl methyl sites for hydroxylation is 1. The third-order valence-electron chi connectivity index (χ3n) is 5.83. The van der Waals surface area contributed by atoms with Crippen LogP contribution in [0.2, 0.25) is 0 Å². The lowest BCUT2D eigenvalue weighted by Gasteiger charge is -2.36. The van der Waals surface area contributed by atoms with Crippen molar-refractivity contribution in [2.45, 2.75) is 49.6 Å². The van der Waals surface area contributed by atoms with Gasteiger partial charge in [-0.15, -0.1) is 0 Å². The number of carbonyl (C=O) groups excluding carboxylic acids is 1. The number of sulfonamides is 1. The van der Waals surface area contributed by atoms with Crippen molar-refractivity contribution in [2.75, 3.05) is 25.0 Å². The zero-order chi connectivity index (χ0) is 22.6. The highest BCUT2D eigenvalue weighted by Crippen LogP contribution is 2.27. The molecule has 2 atom stereocenters. The van der Waals surface area contributed by atoms with E-state index in [4.69, 9.17) is 4.74 Å². The average Bonchev–Trinajstić information content (AvgIpc) is 2.77. The number of hydrogen-bond acceptors (Lipinski definition) is 5. The molecule has 3 rings (SSSR count). The topological polar surface area (TPSA) is 87.2 Å². The number of aliphatic hydroxyl groups is 1. The van der Waals surface area contributed by atoms with Crippen LogP contribution in [0, 0.1) is 6.92 Å². The number of rotatable bonds is 7. The molecule has 7 nitrogen and oxygen atoms in total. The fourth-order valence-electron chi connectivity index (χ4n) is 3.86. The summed E-state index contributed by atoms with van der Waals surface area (Å²) in [7, 11) is -0.818. The maximum Gasteiger partial charge on any atom is 0.264 e. The lowest BCUT2D eigenvalue weighted by Crippen LogP contribution is -2.50. The Morgan fingerprint density at radius 2 is 1.68 bits per heavy atom. The minimum Gasteiger partial charge on any atom is -0.497 e. The van der Waals surface area contributed by atoms with E-state index < -0.39 is 16.1 Å². The second-order valence-electron chi connectivity index (χ2n) is 7.95. The first-order valence-corrected chi connectivity index (χ1v) is 11.8. The predicted octanol–water partition coefficient (Wildman–Crippen LogP) is 2.96. The third kappa shape index (κ3) is 5.19. The van der Waals surface area contributed by atoms with Crippen molar-refractivity contribution in [3.8, 4) is 5.75 Å². The number of likely N-dealkylation sites (N-methyl/N-ethyl adjacent to an activating group) is 1. The molecule has 1 N–H and O–H groups in total. The van der Waals surface area contributed by atoms with Crippen LogP contribution < -0.4 is 9.04 Å². The average molecular weight is 447 g/mol. The molecule has 2 unspecified atom stereocenters. The van der Waals surface area contributed by atoms with E-state index in [0.717, 1.165) is 22.7 Å². The Balaban J connectivity index is 1.93. The number of anilines is 1. The minimum absolute atomic E-state index is 0.113. The lowest BCUT2D eigenvalue weighted by molar-refractivity contribution is -0.133. The van der Waals surface area contributed by atoms with Crippen molar-refractivity contribution in [2.24, 2.45) is 0 Å². The van der Waals surface area contributed by atoms with E-state index in [1.807, 2.05) is 6.92 Å². The van der Waals surface area contributed by atoms with Crippen LogP contribution >= 0.6 is 0 Å². The first-order chi connectivity index (χ1) is 14.7. The molecule has 31 heavy (non-hydrogen) atoms. The zero-order valence-corrected chi connectivity index (χ0v) is 19.0. The van der Waals surface area contributed by atoms with E-state index in [9.17, 15) is 18.3 Å². The van der Waals surface area contributed by atoms with Gasteiger partial charge < -0.3 is 14.7 Å². The third-order valence-corrected chi connectivity index (χ3v) is 7.62. The molecular weight excluding hydrogens is 416 g/mol. The Morgan fingerprint density at radius 3 is 2.26 bits per heavy atom. The molecule has 1 fully saturated rings. The number of amides is 1. The molecule has 0 saturated heterocycles. The monoisotopic (exact) mass is 446 g/mol. The Bertz CT molecular complexity index is 990. The molecule has 0 aliphatic heterocycles. The molecule has 0 aromatic heterocycles. The summed E-state index contributed by atoms with van der Waals surface area (Å²) in [4.78, 5) is 14.7. The molecule has 0 radical (unpaired) electrons. The number of aliphatic hydroxyl groups excluding tert-OH is 1. The summed E-state index contributed by atoms with van der Waals surface area (Å²) in [6.45, 7) is 1.52. The quantitative estimate of drug-likeness (QED) is 0.707. The van der Waals surface area contributed by atoms with Crippen molar-refractivity contribution in [1.82, 2.24) is 4.90 Å². The molecule has 1 amide bonds. The van der Waals surface area contributed by atoms with Gasteiger partial charge in [-0.3, -0.25) is 9.10 Å². The highest BCUT2D eigenvalue weighted by molar-refractivity contribution is 7.92. The van der Waals surface area contributed by atoms with Gasteiger partial charge in [0.05, 0.1) is 29.8 Å². The van der Waals surface area contributed by atoms with Crippen LogP contribution in [0.4, 0.5) is 5.69 Å². The minimum atomic E-state index is -3.98. The van der Waals surface area contributed by atoms with Crippen LogP contribution in [0.1, 0.15) is 31.2 Å². The van der Waals surface area contributed by atoms with Crippen LogP contribution in [0.5, 0.6) is 5.75 Å². The van der Waals surface area contributed by atoms with Crippen molar-refractivity contribution in [3.63, 3.8) is 0 Å². The van der Waals surface area contributed by atoms with Crippen LogP contribution in [0.15, 0.2) is 53.4 Å². The largest absolute Gasteiger partial charge is 0.497 e. The van der Waals surface area contributed by atoms with Gasteiger partial charge in [0.1, 0.15) is 12.3 Å². The number of methoxy groups -OCH3 is 1. The zero-order valence-electron chi connectivity index (χ0n) is 18.2. The fraction of sp³-hybridized carbons (Fsp3) is 0.435. The van der Waals surface area contributed by atoms with E-state index in [1.165, 1.54) is 12.0 Å². The molecule has 8 heteroatoms. The smallest absolute Gasteiger partial charge is 0.264 e. The van der Waals surface area contributed by atoms with Crippen molar-refractivity contribution in [3.05, 3.63) is 54.1 Å². The van der Waals surface area contributed by atoms with Gasteiger partial charge in [0, 0.05) is 7.05 Å². The second kappa shape index (κ2) is 9.70. The van der Waals surface area contributed by atoms with E-state index in [1.54, 1.807) is 55.6 Å². The summed E-state index contributed by atoms with van der Waals surface area (Å²) < 4.78 is 33.2. The van der Waals surface area contributed by atoms with Crippen LogP contribution in [-0.4, -0.2) is 57.2 Å². The SMILES string of the molecule is COc1ccc(N(CC(=O)N(C)C2CCCCC2O)S(=O)(=O)c2ccc(C)cc2)cc1. The molecule has 0 spiro atoms. The van der Waals surface area contributed by atoms with Crippen molar-refractivity contribution >= 4 is 21.6 Å². The number of benzene rings is 2. The van der Waals surface area contributed by atoms with Gasteiger partial charge >= 0.3 is 0 Å². The molecule has 2 aromatic rings. The molecule has 1 saturated carbocycles. The molecule has 2 aromatic carbocycles.